The van der Waals surface area contributed by atoms with E-state index in [1.165, 1.54) is 0 Å². The molecule has 1 aromatic rings. The molecule has 0 saturated heterocycles. The Morgan fingerprint density at radius 2 is 1.72 bits per heavy atom. The molecule has 1 heterocycles. The molecule has 0 atom stereocenters. The Hall–Kier alpha value is -0.940. The van der Waals surface area contributed by atoms with Crippen LogP contribution in [0, 0.1) is 0 Å². The summed E-state index contributed by atoms with van der Waals surface area (Å²) in [7, 11) is 1.69. The summed E-state index contributed by atoms with van der Waals surface area (Å²) in [6.45, 7) is 11.2. The largest absolute Gasteiger partial charge is 0.425 e. The van der Waals surface area contributed by atoms with E-state index >= 15 is 0 Å². The smallest absolute Gasteiger partial charge is 0.219 e. The molecule has 0 amide bonds. The fourth-order valence-electron chi connectivity index (χ4n) is 1.44. The Morgan fingerprint density at radius 1 is 1.11 bits per heavy atom. The summed E-state index contributed by atoms with van der Waals surface area (Å²) in [5.74, 6) is 1.31. The lowest BCUT2D eigenvalue weighted by atomic mass is 10.1. The number of ether oxygens (including phenoxy) is 1. The molecule has 1 rings (SSSR count). The average Bonchev–Trinajstić information content (AvgIpc) is 2.63. The van der Waals surface area contributed by atoms with Crippen LogP contribution in [0.4, 0.5) is 0 Å². The highest BCUT2D eigenvalue weighted by Crippen LogP contribution is 2.15. The highest BCUT2D eigenvalue weighted by Gasteiger charge is 2.21. The van der Waals surface area contributed by atoms with E-state index in [2.05, 4.69) is 36.3 Å². The molecule has 18 heavy (non-hydrogen) atoms. The monoisotopic (exact) mass is 255 g/mol. The first-order chi connectivity index (χ1) is 8.22. The Bertz CT molecular complexity index is 367. The maximum absolute atomic E-state index is 5.59. The zero-order valence-electron chi connectivity index (χ0n) is 12.3. The average molecular weight is 255 g/mol. The zero-order valence-corrected chi connectivity index (χ0v) is 12.3. The van der Waals surface area contributed by atoms with Gasteiger partial charge < -0.3 is 14.5 Å². The molecule has 5 nitrogen and oxygen atoms in total. The van der Waals surface area contributed by atoms with Crippen LogP contribution in [-0.2, 0) is 17.6 Å². The first-order valence-corrected chi connectivity index (χ1v) is 6.33. The number of methoxy groups -OCH3 is 1. The fraction of sp³-hybridized carbons (Fsp3) is 0.846. The van der Waals surface area contributed by atoms with Crippen molar-refractivity contribution in [2.45, 2.75) is 58.6 Å². The third kappa shape index (κ3) is 5.60. The topological polar surface area (TPSA) is 60.2 Å². The van der Waals surface area contributed by atoms with Crippen molar-refractivity contribution in [1.82, 2.24) is 15.5 Å². The molecule has 1 N–H and O–H groups in total. The molecule has 0 aromatic carbocycles. The van der Waals surface area contributed by atoms with E-state index in [-0.39, 0.29) is 11.1 Å². The number of aromatic nitrogens is 2. The molecule has 0 bridgehead atoms. The summed E-state index contributed by atoms with van der Waals surface area (Å²) in [5, 5.41) is 11.5. The predicted octanol–water partition coefficient (Wildman–Crippen LogP) is 1.97. The van der Waals surface area contributed by atoms with E-state index in [1.54, 1.807) is 7.11 Å². The number of nitrogens with zero attached hydrogens (tertiary/aromatic N) is 2. The number of rotatable bonds is 6. The molecule has 5 heteroatoms. The third-order valence-electron chi connectivity index (χ3n) is 2.63. The minimum atomic E-state index is -0.270. The van der Waals surface area contributed by atoms with Crippen molar-refractivity contribution in [3.8, 4) is 0 Å². The molecular formula is C13H25N3O2. The van der Waals surface area contributed by atoms with Gasteiger partial charge in [0.15, 0.2) is 0 Å². The van der Waals surface area contributed by atoms with Crippen molar-refractivity contribution in [3.05, 3.63) is 11.8 Å². The van der Waals surface area contributed by atoms with Crippen LogP contribution in [0.25, 0.3) is 0 Å². The molecule has 0 saturated carbocycles. The third-order valence-corrected chi connectivity index (χ3v) is 2.63. The van der Waals surface area contributed by atoms with Crippen molar-refractivity contribution >= 4 is 0 Å². The summed E-state index contributed by atoms with van der Waals surface area (Å²) in [5.41, 5.74) is -0.158. The highest BCUT2D eigenvalue weighted by molar-refractivity contribution is 4.89. The van der Waals surface area contributed by atoms with Crippen LogP contribution in [0.1, 0.15) is 46.4 Å². The SMILES string of the molecule is COC(C)(C)Cc1nnc(CCNC(C)(C)C)o1. The van der Waals surface area contributed by atoms with E-state index in [1.807, 2.05) is 13.8 Å². The summed E-state index contributed by atoms with van der Waals surface area (Å²) in [4.78, 5) is 0. The summed E-state index contributed by atoms with van der Waals surface area (Å²) >= 11 is 0. The summed E-state index contributed by atoms with van der Waals surface area (Å²) in [6, 6.07) is 0. The number of hydrogen-bond acceptors (Lipinski definition) is 5. The van der Waals surface area contributed by atoms with Gasteiger partial charge in [0.05, 0.1) is 12.0 Å². The second kappa shape index (κ2) is 5.80. The van der Waals surface area contributed by atoms with Gasteiger partial charge in [-0.1, -0.05) is 0 Å². The van der Waals surface area contributed by atoms with Gasteiger partial charge in [-0.25, -0.2) is 0 Å². The maximum atomic E-state index is 5.59. The highest BCUT2D eigenvalue weighted by atomic mass is 16.5. The van der Waals surface area contributed by atoms with Gasteiger partial charge in [0.1, 0.15) is 0 Å². The van der Waals surface area contributed by atoms with Gasteiger partial charge in [-0.15, -0.1) is 10.2 Å². The summed E-state index contributed by atoms with van der Waals surface area (Å²) < 4.78 is 10.9. The fourth-order valence-corrected chi connectivity index (χ4v) is 1.44. The maximum Gasteiger partial charge on any atom is 0.219 e. The van der Waals surface area contributed by atoms with Gasteiger partial charge in [-0.3, -0.25) is 0 Å². The van der Waals surface area contributed by atoms with Crippen molar-refractivity contribution < 1.29 is 9.15 Å². The molecule has 104 valence electrons. The molecule has 0 spiro atoms. The van der Waals surface area contributed by atoms with Crippen LogP contribution in [0.15, 0.2) is 4.42 Å². The molecule has 0 aliphatic carbocycles. The Kier molecular flexibility index (Phi) is 4.87. The van der Waals surface area contributed by atoms with E-state index in [0.717, 1.165) is 13.0 Å². The van der Waals surface area contributed by atoms with Crippen molar-refractivity contribution in [2.24, 2.45) is 0 Å². The van der Waals surface area contributed by atoms with Crippen molar-refractivity contribution in [2.75, 3.05) is 13.7 Å². The first-order valence-electron chi connectivity index (χ1n) is 6.33. The minimum Gasteiger partial charge on any atom is -0.425 e. The first kappa shape index (κ1) is 15.1. The second-order valence-corrected chi connectivity index (χ2v) is 6.16. The van der Waals surface area contributed by atoms with Crippen LogP contribution in [-0.4, -0.2) is 35.0 Å². The lowest BCUT2D eigenvalue weighted by Gasteiger charge is -2.20. The van der Waals surface area contributed by atoms with Crippen LogP contribution < -0.4 is 5.32 Å². The Balaban J connectivity index is 2.44. The lowest BCUT2D eigenvalue weighted by molar-refractivity contribution is 0.0179. The minimum absolute atomic E-state index is 0.112. The molecule has 0 aliphatic rings. The molecular weight excluding hydrogens is 230 g/mol. The van der Waals surface area contributed by atoms with E-state index in [4.69, 9.17) is 9.15 Å². The zero-order chi connectivity index (χ0) is 13.8. The van der Waals surface area contributed by atoms with Crippen molar-refractivity contribution in [3.63, 3.8) is 0 Å². The Morgan fingerprint density at radius 3 is 2.28 bits per heavy atom. The van der Waals surface area contributed by atoms with Crippen molar-refractivity contribution in [1.29, 1.82) is 0 Å². The second-order valence-electron chi connectivity index (χ2n) is 6.16. The predicted molar refractivity (Wildman–Crippen MR) is 70.5 cm³/mol. The van der Waals surface area contributed by atoms with E-state index in [0.29, 0.717) is 18.2 Å². The van der Waals surface area contributed by atoms with Crippen LogP contribution in [0.3, 0.4) is 0 Å². The van der Waals surface area contributed by atoms with Crippen LogP contribution >= 0.6 is 0 Å². The van der Waals surface area contributed by atoms with Gasteiger partial charge >= 0.3 is 0 Å². The summed E-state index contributed by atoms with van der Waals surface area (Å²) in [6.07, 6.45) is 1.38. The molecule has 0 aliphatic heterocycles. The lowest BCUT2D eigenvalue weighted by Crippen LogP contribution is -2.37. The Labute approximate surface area is 109 Å². The van der Waals surface area contributed by atoms with Gasteiger partial charge in [0.25, 0.3) is 0 Å². The number of hydrogen-bond donors (Lipinski definition) is 1. The van der Waals surface area contributed by atoms with Gasteiger partial charge in [-0.05, 0) is 34.6 Å². The van der Waals surface area contributed by atoms with E-state index < -0.39 is 0 Å². The van der Waals surface area contributed by atoms with Gasteiger partial charge in [-0.2, -0.15) is 0 Å². The quantitative estimate of drug-likeness (QED) is 0.842. The van der Waals surface area contributed by atoms with Crippen LogP contribution in [0.5, 0.6) is 0 Å². The van der Waals surface area contributed by atoms with E-state index in [9.17, 15) is 0 Å². The molecule has 0 radical (unpaired) electrons. The molecule has 1 aromatic heterocycles. The number of nitrogens with one attached hydrogen (secondary N) is 1. The van der Waals surface area contributed by atoms with Crippen LogP contribution in [0.2, 0.25) is 0 Å². The molecule has 0 fully saturated rings. The normalized spacial score (nSPS) is 13.0. The molecule has 0 unspecified atom stereocenters. The standard InChI is InChI=1S/C13H25N3O2/c1-12(2,3)14-8-7-10-15-16-11(18-10)9-13(4,5)17-6/h14H,7-9H2,1-6H3. The van der Waals surface area contributed by atoms with Gasteiger partial charge in [0, 0.05) is 25.6 Å². The van der Waals surface area contributed by atoms with Gasteiger partial charge in [0.2, 0.25) is 11.8 Å².